The number of fused-ring (bicyclic) bond motifs is 1. The molecule has 4 rings (SSSR count). The van der Waals surface area contributed by atoms with Crippen molar-refractivity contribution in [1.29, 1.82) is 0 Å². The summed E-state index contributed by atoms with van der Waals surface area (Å²) in [5.74, 6) is 1.03. The smallest absolute Gasteiger partial charge is 0.275 e. The third-order valence-electron chi connectivity index (χ3n) is 3.76. The van der Waals surface area contributed by atoms with Crippen LogP contribution in [0.5, 0.6) is 5.75 Å². The topological polar surface area (TPSA) is 82.2 Å². The van der Waals surface area contributed by atoms with Gasteiger partial charge in [-0.2, -0.15) is 5.10 Å². The van der Waals surface area contributed by atoms with E-state index in [1.165, 1.54) is 16.0 Å². The van der Waals surface area contributed by atoms with E-state index in [9.17, 15) is 4.79 Å². The molecule has 0 aliphatic carbocycles. The second-order valence-electron chi connectivity index (χ2n) is 5.32. The van der Waals surface area contributed by atoms with Gasteiger partial charge in [0.2, 0.25) is 0 Å². The average molecular weight is 354 g/mol. The Kier molecular flexibility index (Phi) is 3.73. The van der Waals surface area contributed by atoms with Crippen molar-refractivity contribution in [3.05, 3.63) is 47.6 Å². The van der Waals surface area contributed by atoms with Crippen LogP contribution in [0.1, 0.15) is 10.5 Å². The van der Waals surface area contributed by atoms with Crippen LogP contribution in [0.15, 0.2) is 46.3 Å². The Balaban J connectivity index is 1.61. The minimum absolute atomic E-state index is 0.257. The van der Waals surface area contributed by atoms with Gasteiger partial charge in [0.15, 0.2) is 22.2 Å². The number of thiazole rings is 1. The van der Waals surface area contributed by atoms with Crippen LogP contribution in [0.4, 0.5) is 5.13 Å². The first-order chi connectivity index (χ1) is 12.2. The Hall–Kier alpha value is -3.13. The van der Waals surface area contributed by atoms with Crippen LogP contribution in [-0.4, -0.2) is 27.8 Å². The number of anilines is 1. The molecule has 0 aliphatic rings. The number of ether oxygens (including phenoxy) is 1. The number of hydrogen-bond donors (Lipinski definition) is 1. The van der Waals surface area contributed by atoms with Crippen LogP contribution in [0.25, 0.3) is 22.4 Å². The predicted octanol–water partition coefficient (Wildman–Crippen LogP) is 3.55. The molecule has 1 amide bonds. The van der Waals surface area contributed by atoms with Crippen molar-refractivity contribution >= 4 is 33.3 Å². The molecule has 0 aliphatic heterocycles. The monoisotopic (exact) mass is 354 g/mol. The van der Waals surface area contributed by atoms with Crippen LogP contribution in [0.3, 0.4) is 0 Å². The summed E-state index contributed by atoms with van der Waals surface area (Å²) in [6.45, 7) is 0. The third-order valence-corrected chi connectivity index (χ3v) is 4.52. The zero-order chi connectivity index (χ0) is 17.4. The number of nitrogens with zero attached hydrogens (tertiary/aromatic N) is 3. The molecule has 0 radical (unpaired) electrons. The van der Waals surface area contributed by atoms with Crippen LogP contribution >= 0.6 is 11.3 Å². The van der Waals surface area contributed by atoms with Crippen LogP contribution in [0, 0.1) is 0 Å². The van der Waals surface area contributed by atoms with Crippen molar-refractivity contribution in [1.82, 2.24) is 14.8 Å². The molecule has 0 atom stereocenters. The molecule has 0 unspecified atom stereocenters. The number of carbonyl (C=O) groups is 1. The van der Waals surface area contributed by atoms with Gasteiger partial charge in [-0.25, -0.2) is 4.98 Å². The largest absolute Gasteiger partial charge is 0.493 e. The van der Waals surface area contributed by atoms with E-state index in [-0.39, 0.29) is 5.91 Å². The summed E-state index contributed by atoms with van der Waals surface area (Å²) in [5, 5.41) is 10.0. The van der Waals surface area contributed by atoms with Gasteiger partial charge in [0.25, 0.3) is 5.91 Å². The first-order valence-electron chi connectivity index (χ1n) is 7.47. The number of para-hydroxylation sites is 1. The zero-order valence-corrected chi connectivity index (χ0v) is 14.3. The van der Waals surface area contributed by atoms with Crippen LogP contribution in [0.2, 0.25) is 0 Å². The molecule has 0 spiro atoms. The predicted molar refractivity (Wildman–Crippen MR) is 95.0 cm³/mol. The molecule has 0 fully saturated rings. The zero-order valence-electron chi connectivity index (χ0n) is 13.5. The lowest BCUT2D eigenvalue weighted by atomic mass is 10.2. The highest BCUT2D eigenvalue weighted by Gasteiger charge is 2.15. The van der Waals surface area contributed by atoms with E-state index in [1.807, 2.05) is 29.6 Å². The fourth-order valence-electron chi connectivity index (χ4n) is 2.53. The number of furan rings is 1. The molecule has 3 aromatic heterocycles. The lowest BCUT2D eigenvalue weighted by Crippen LogP contribution is -2.15. The number of rotatable bonds is 4. The number of methoxy groups -OCH3 is 1. The second kappa shape index (κ2) is 6.06. The Morgan fingerprint density at radius 3 is 3.00 bits per heavy atom. The molecule has 0 saturated carbocycles. The van der Waals surface area contributed by atoms with Gasteiger partial charge in [0.1, 0.15) is 11.4 Å². The van der Waals surface area contributed by atoms with E-state index in [0.29, 0.717) is 33.6 Å². The molecule has 0 saturated heterocycles. The molecule has 126 valence electrons. The highest BCUT2D eigenvalue weighted by Crippen LogP contribution is 2.34. The number of aryl methyl sites for hydroxylation is 1. The first kappa shape index (κ1) is 15.4. The highest BCUT2D eigenvalue weighted by atomic mass is 32.1. The van der Waals surface area contributed by atoms with Crippen molar-refractivity contribution in [3.63, 3.8) is 0 Å². The van der Waals surface area contributed by atoms with Crippen LogP contribution in [-0.2, 0) is 7.05 Å². The minimum atomic E-state index is -0.257. The van der Waals surface area contributed by atoms with Gasteiger partial charge in [0.05, 0.1) is 7.11 Å². The van der Waals surface area contributed by atoms with Crippen molar-refractivity contribution in [2.75, 3.05) is 12.4 Å². The van der Waals surface area contributed by atoms with Crippen molar-refractivity contribution in [2.24, 2.45) is 7.05 Å². The molecular formula is C17H14N4O3S. The number of benzene rings is 1. The molecule has 7 nitrogen and oxygen atoms in total. The van der Waals surface area contributed by atoms with E-state index < -0.39 is 0 Å². The second-order valence-corrected chi connectivity index (χ2v) is 6.18. The Morgan fingerprint density at radius 2 is 2.24 bits per heavy atom. The van der Waals surface area contributed by atoms with Crippen molar-refractivity contribution < 1.29 is 13.9 Å². The van der Waals surface area contributed by atoms with Crippen molar-refractivity contribution in [2.45, 2.75) is 0 Å². The van der Waals surface area contributed by atoms with E-state index in [4.69, 9.17) is 9.15 Å². The SMILES string of the molecule is COc1cccc2cc(-c3csc(NC(=O)c4ccnn4C)n3)oc12. The lowest BCUT2D eigenvalue weighted by Gasteiger charge is -2.01. The minimum Gasteiger partial charge on any atom is -0.493 e. The first-order valence-corrected chi connectivity index (χ1v) is 8.35. The maximum atomic E-state index is 12.2. The molecule has 3 heterocycles. The standard InChI is InChI=1S/C17H14N4O3S/c1-21-12(6-7-18-21)16(22)20-17-19-11(9-25-17)14-8-10-4-3-5-13(23-2)15(10)24-14/h3-9H,1-2H3,(H,19,20,22). The molecule has 8 heteroatoms. The van der Waals surface area contributed by atoms with Crippen molar-refractivity contribution in [3.8, 4) is 17.2 Å². The molecule has 1 aromatic carbocycles. The van der Waals surface area contributed by atoms with Gasteiger partial charge in [-0.15, -0.1) is 11.3 Å². The van der Waals surface area contributed by atoms with Gasteiger partial charge < -0.3 is 9.15 Å². The van der Waals surface area contributed by atoms with Gasteiger partial charge in [0, 0.05) is 24.0 Å². The fourth-order valence-corrected chi connectivity index (χ4v) is 3.22. The summed E-state index contributed by atoms with van der Waals surface area (Å²) < 4.78 is 12.7. The maximum Gasteiger partial charge on any atom is 0.275 e. The van der Waals surface area contributed by atoms with Gasteiger partial charge in [-0.05, 0) is 18.2 Å². The lowest BCUT2D eigenvalue weighted by molar-refractivity contribution is 0.101. The van der Waals surface area contributed by atoms with Gasteiger partial charge >= 0.3 is 0 Å². The quantitative estimate of drug-likeness (QED) is 0.606. The van der Waals surface area contributed by atoms with E-state index in [1.54, 1.807) is 26.4 Å². The third kappa shape index (κ3) is 2.76. The normalized spacial score (nSPS) is 11.0. The van der Waals surface area contributed by atoms with Gasteiger partial charge in [-0.1, -0.05) is 12.1 Å². The summed E-state index contributed by atoms with van der Waals surface area (Å²) in [7, 11) is 3.32. The molecule has 1 N–H and O–H groups in total. The summed E-state index contributed by atoms with van der Waals surface area (Å²) >= 11 is 1.33. The molecule has 25 heavy (non-hydrogen) atoms. The summed E-state index contributed by atoms with van der Waals surface area (Å²) in [6, 6.07) is 9.24. The number of amides is 1. The summed E-state index contributed by atoms with van der Waals surface area (Å²) in [4.78, 5) is 16.7. The number of hydrogen-bond acceptors (Lipinski definition) is 6. The summed E-state index contributed by atoms with van der Waals surface area (Å²) in [5.41, 5.74) is 1.79. The Morgan fingerprint density at radius 1 is 1.36 bits per heavy atom. The average Bonchev–Trinajstić information content (AvgIpc) is 3.32. The molecule has 0 bridgehead atoms. The fraction of sp³-hybridized carbons (Fsp3) is 0.118. The molecule has 4 aromatic rings. The van der Waals surface area contributed by atoms with Crippen LogP contribution < -0.4 is 10.1 Å². The number of nitrogens with one attached hydrogen (secondary N) is 1. The summed E-state index contributed by atoms with van der Waals surface area (Å²) in [6.07, 6.45) is 1.57. The number of carbonyl (C=O) groups excluding carboxylic acids is 1. The van der Waals surface area contributed by atoms with E-state index in [2.05, 4.69) is 15.4 Å². The Bertz CT molecular complexity index is 1060. The van der Waals surface area contributed by atoms with E-state index >= 15 is 0 Å². The van der Waals surface area contributed by atoms with E-state index in [0.717, 1.165) is 5.39 Å². The van der Waals surface area contributed by atoms with Gasteiger partial charge in [-0.3, -0.25) is 14.8 Å². The number of aromatic nitrogens is 3. The Labute approximate surface area is 146 Å². The maximum absolute atomic E-state index is 12.2. The highest BCUT2D eigenvalue weighted by molar-refractivity contribution is 7.14. The molecular weight excluding hydrogens is 340 g/mol.